The van der Waals surface area contributed by atoms with Gasteiger partial charge in [0.1, 0.15) is 0 Å². The Hall–Kier alpha value is -1.58. The summed E-state index contributed by atoms with van der Waals surface area (Å²) in [5.41, 5.74) is -0.218. The van der Waals surface area contributed by atoms with Gasteiger partial charge >= 0.3 is 6.18 Å². The largest absolute Gasteiger partial charge is 0.418 e. The quantitative estimate of drug-likeness (QED) is 0.649. The van der Waals surface area contributed by atoms with Crippen LogP contribution in [0, 0.1) is 13.0 Å². The van der Waals surface area contributed by atoms with E-state index in [0.29, 0.717) is 11.1 Å². The molecule has 0 fully saturated rings. The molecule has 0 bridgehead atoms. The molecule has 0 saturated carbocycles. The van der Waals surface area contributed by atoms with Crippen LogP contribution in [-0.4, -0.2) is 4.98 Å². The van der Waals surface area contributed by atoms with Crippen LogP contribution in [0.25, 0.3) is 10.9 Å². The van der Waals surface area contributed by atoms with E-state index in [9.17, 15) is 13.2 Å². The van der Waals surface area contributed by atoms with Crippen molar-refractivity contribution in [3.63, 3.8) is 0 Å². The molecule has 0 aliphatic rings. The predicted octanol–water partition coefficient (Wildman–Crippen LogP) is 3.36. The van der Waals surface area contributed by atoms with Crippen LogP contribution in [0.2, 0.25) is 0 Å². The van der Waals surface area contributed by atoms with Gasteiger partial charge in [0, 0.05) is 11.1 Å². The zero-order chi connectivity index (χ0) is 11.1. The average molecular weight is 210 g/mol. The number of halogens is 3. The maximum atomic E-state index is 12.6. The monoisotopic (exact) mass is 210 g/mol. The highest BCUT2D eigenvalue weighted by molar-refractivity contribution is 5.81. The van der Waals surface area contributed by atoms with Crippen LogP contribution in [0.5, 0.6) is 0 Å². The van der Waals surface area contributed by atoms with Gasteiger partial charge in [0.25, 0.3) is 0 Å². The van der Waals surface area contributed by atoms with Gasteiger partial charge in [0.2, 0.25) is 0 Å². The number of pyridine rings is 1. The van der Waals surface area contributed by atoms with E-state index >= 15 is 0 Å². The summed E-state index contributed by atoms with van der Waals surface area (Å²) in [5.74, 6) is 0. The van der Waals surface area contributed by atoms with Crippen LogP contribution >= 0.6 is 0 Å². The molecule has 0 unspecified atom stereocenters. The predicted molar refractivity (Wildman–Crippen MR) is 50.3 cm³/mol. The third kappa shape index (κ3) is 1.79. The molecule has 0 aliphatic heterocycles. The Morgan fingerprint density at radius 3 is 2.67 bits per heavy atom. The van der Waals surface area contributed by atoms with Crippen molar-refractivity contribution in [1.29, 1.82) is 0 Å². The zero-order valence-corrected chi connectivity index (χ0v) is 7.89. The first kappa shape index (κ1) is 9.96. The maximum absolute atomic E-state index is 12.6. The summed E-state index contributed by atoms with van der Waals surface area (Å²) in [5, 5.41) is 0.385. The highest BCUT2D eigenvalue weighted by Crippen LogP contribution is 2.33. The van der Waals surface area contributed by atoms with E-state index in [2.05, 4.69) is 11.1 Å². The van der Waals surface area contributed by atoms with Gasteiger partial charge in [-0.25, -0.2) is 0 Å². The summed E-state index contributed by atoms with van der Waals surface area (Å²) >= 11 is 0. The molecule has 1 heterocycles. The average Bonchev–Trinajstić information content (AvgIpc) is 2.15. The number of fused-ring (bicyclic) bond motifs is 1. The lowest BCUT2D eigenvalue weighted by atomic mass is 10.1. The van der Waals surface area contributed by atoms with Crippen LogP contribution in [-0.2, 0) is 6.18 Å². The van der Waals surface area contributed by atoms with Gasteiger partial charge in [-0.05, 0) is 25.1 Å². The first-order valence-corrected chi connectivity index (χ1v) is 4.34. The first-order chi connectivity index (χ1) is 6.98. The highest BCUT2D eigenvalue weighted by atomic mass is 19.4. The second-order valence-corrected chi connectivity index (χ2v) is 3.24. The van der Waals surface area contributed by atoms with Crippen LogP contribution < -0.4 is 0 Å². The van der Waals surface area contributed by atoms with Crippen LogP contribution in [0.15, 0.2) is 24.3 Å². The van der Waals surface area contributed by atoms with E-state index in [0.717, 1.165) is 6.07 Å². The summed E-state index contributed by atoms with van der Waals surface area (Å²) < 4.78 is 37.8. The number of nitrogens with zero attached hydrogens (tertiary/aromatic N) is 1. The van der Waals surface area contributed by atoms with E-state index in [1.165, 1.54) is 6.07 Å². The molecule has 1 radical (unpaired) electrons. The summed E-state index contributed by atoms with van der Waals surface area (Å²) in [4.78, 5) is 3.89. The SMILES string of the molecule is Cc1c[c]c2cccc(C(F)(F)F)c2n1. The summed E-state index contributed by atoms with van der Waals surface area (Å²) in [6.07, 6.45) is -4.37. The Morgan fingerprint density at radius 1 is 1.27 bits per heavy atom. The van der Waals surface area contributed by atoms with Crippen molar-refractivity contribution >= 4 is 10.9 Å². The Labute approximate surface area is 84.6 Å². The summed E-state index contributed by atoms with van der Waals surface area (Å²) in [7, 11) is 0. The van der Waals surface area contributed by atoms with E-state index in [1.807, 2.05) is 0 Å². The Balaban J connectivity index is 2.80. The number of hydrogen-bond donors (Lipinski definition) is 0. The molecule has 0 amide bonds. The lowest BCUT2D eigenvalue weighted by Gasteiger charge is -2.09. The molecule has 0 N–H and O–H groups in total. The van der Waals surface area contributed by atoms with Crippen molar-refractivity contribution in [3.8, 4) is 0 Å². The topological polar surface area (TPSA) is 12.9 Å². The van der Waals surface area contributed by atoms with Gasteiger partial charge in [-0.1, -0.05) is 12.1 Å². The number of hydrogen-bond acceptors (Lipinski definition) is 1. The van der Waals surface area contributed by atoms with Crippen LogP contribution in [0.4, 0.5) is 13.2 Å². The molecule has 0 aliphatic carbocycles. The zero-order valence-electron chi connectivity index (χ0n) is 7.89. The lowest BCUT2D eigenvalue weighted by molar-refractivity contribution is -0.136. The summed E-state index contributed by atoms with van der Waals surface area (Å²) in [6.45, 7) is 1.64. The Morgan fingerprint density at radius 2 is 2.00 bits per heavy atom. The fourth-order valence-electron chi connectivity index (χ4n) is 1.40. The highest BCUT2D eigenvalue weighted by Gasteiger charge is 2.32. The molecule has 15 heavy (non-hydrogen) atoms. The first-order valence-electron chi connectivity index (χ1n) is 4.34. The van der Waals surface area contributed by atoms with Crippen molar-refractivity contribution < 1.29 is 13.2 Å². The minimum Gasteiger partial charge on any atom is -0.252 e. The molecule has 0 saturated heterocycles. The Bertz CT molecular complexity index is 503. The van der Waals surface area contributed by atoms with E-state index in [-0.39, 0.29) is 5.52 Å². The molecule has 1 aromatic heterocycles. The fourth-order valence-corrected chi connectivity index (χ4v) is 1.40. The normalized spacial score (nSPS) is 12.0. The van der Waals surface area contributed by atoms with Gasteiger partial charge in [-0.2, -0.15) is 13.2 Å². The Kier molecular flexibility index (Phi) is 2.14. The van der Waals surface area contributed by atoms with Crippen LogP contribution in [0.3, 0.4) is 0 Å². The maximum Gasteiger partial charge on any atom is 0.418 e. The third-order valence-corrected chi connectivity index (χ3v) is 2.07. The number of rotatable bonds is 0. The van der Waals surface area contributed by atoms with Crippen molar-refractivity contribution in [3.05, 3.63) is 41.6 Å². The second kappa shape index (κ2) is 3.22. The molecule has 1 nitrogen and oxygen atoms in total. The van der Waals surface area contributed by atoms with Crippen molar-refractivity contribution in [2.24, 2.45) is 0 Å². The molecule has 2 aromatic rings. The smallest absolute Gasteiger partial charge is 0.252 e. The van der Waals surface area contributed by atoms with Crippen molar-refractivity contribution in [1.82, 2.24) is 4.98 Å². The number of benzene rings is 1. The van der Waals surface area contributed by atoms with E-state index in [4.69, 9.17) is 0 Å². The van der Waals surface area contributed by atoms with Crippen molar-refractivity contribution in [2.45, 2.75) is 13.1 Å². The molecule has 0 spiro atoms. The third-order valence-electron chi connectivity index (χ3n) is 2.07. The molecule has 77 valence electrons. The number of para-hydroxylation sites is 1. The minimum absolute atomic E-state index is 0.0370. The van der Waals surface area contributed by atoms with E-state index < -0.39 is 11.7 Å². The lowest BCUT2D eigenvalue weighted by Crippen LogP contribution is -2.06. The molecular formula is C11H7F3N. The molecule has 2 rings (SSSR count). The van der Waals surface area contributed by atoms with Gasteiger partial charge < -0.3 is 0 Å². The molecule has 0 atom stereocenters. The molecule has 1 aromatic carbocycles. The molecule has 4 heteroatoms. The molecular weight excluding hydrogens is 203 g/mol. The van der Waals surface area contributed by atoms with Gasteiger partial charge in [0.05, 0.1) is 11.1 Å². The van der Waals surface area contributed by atoms with E-state index in [1.54, 1.807) is 19.1 Å². The minimum atomic E-state index is -4.37. The van der Waals surface area contributed by atoms with Gasteiger partial charge in [-0.3, -0.25) is 4.98 Å². The van der Waals surface area contributed by atoms with Crippen molar-refractivity contribution in [2.75, 3.05) is 0 Å². The number of alkyl halides is 3. The van der Waals surface area contributed by atoms with Gasteiger partial charge in [0.15, 0.2) is 0 Å². The fraction of sp³-hybridized carbons (Fsp3) is 0.182. The second-order valence-electron chi connectivity index (χ2n) is 3.24. The van der Waals surface area contributed by atoms with Crippen LogP contribution in [0.1, 0.15) is 11.3 Å². The number of aromatic nitrogens is 1. The number of aryl methyl sites for hydroxylation is 1. The summed E-state index contributed by atoms with van der Waals surface area (Å²) in [6, 6.07) is 8.30. The van der Waals surface area contributed by atoms with Gasteiger partial charge in [-0.15, -0.1) is 0 Å². The standard InChI is InChI=1S/C11H7F3N/c1-7-5-6-8-3-2-4-9(10(8)15-7)11(12,13)14/h2-5H,1H3.